The third-order valence-electron chi connectivity index (χ3n) is 3.20. The lowest BCUT2D eigenvalue weighted by molar-refractivity contribution is -0.119. The Bertz CT molecular complexity index is 541. The zero-order valence-corrected chi connectivity index (χ0v) is 10.3. The smallest absolute Gasteiger partial charge is 0.238 e. The number of halogens is 1. The Morgan fingerprint density at radius 3 is 2.79 bits per heavy atom. The Hall–Kier alpha value is -2.31. The second-order valence-corrected chi connectivity index (χ2v) is 4.37. The molecule has 1 aromatic rings. The SMILES string of the molecule is COc1ccc(F)c(NC(=O)C2(/C(N)=N/O)CC2)c1. The topological polar surface area (TPSA) is 96.9 Å². The van der Waals surface area contributed by atoms with Gasteiger partial charge in [-0.25, -0.2) is 4.39 Å². The van der Waals surface area contributed by atoms with E-state index in [0.29, 0.717) is 18.6 Å². The van der Waals surface area contributed by atoms with Gasteiger partial charge in [-0.1, -0.05) is 5.16 Å². The Morgan fingerprint density at radius 2 is 2.26 bits per heavy atom. The van der Waals surface area contributed by atoms with Gasteiger partial charge in [0.05, 0.1) is 12.8 Å². The molecule has 0 saturated heterocycles. The van der Waals surface area contributed by atoms with Crippen molar-refractivity contribution < 1.29 is 19.1 Å². The summed E-state index contributed by atoms with van der Waals surface area (Å²) in [4.78, 5) is 12.1. The quantitative estimate of drug-likeness (QED) is 0.331. The molecule has 0 aliphatic heterocycles. The fourth-order valence-electron chi connectivity index (χ4n) is 1.79. The van der Waals surface area contributed by atoms with Crippen molar-refractivity contribution >= 4 is 17.4 Å². The maximum Gasteiger partial charge on any atom is 0.238 e. The van der Waals surface area contributed by atoms with Crippen molar-refractivity contribution in [3.63, 3.8) is 0 Å². The molecule has 1 aliphatic carbocycles. The van der Waals surface area contributed by atoms with E-state index < -0.39 is 17.1 Å². The van der Waals surface area contributed by atoms with Crippen LogP contribution in [0, 0.1) is 11.2 Å². The summed E-state index contributed by atoms with van der Waals surface area (Å²) in [5.74, 6) is -0.807. The molecule has 0 bridgehead atoms. The number of hydrogen-bond donors (Lipinski definition) is 3. The van der Waals surface area contributed by atoms with Crippen molar-refractivity contribution in [1.82, 2.24) is 0 Å². The molecule has 1 aliphatic rings. The molecule has 1 aromatic carbocycles. The van der Waals surface area contributed by atoms with Crippen molar-refractivity contribution in [3.05, 3.63) is 24.0 Å². The standard InChI is InChI=1S/C12H14FN3O3/c1-19-7-2-3-8(13)9(6-7)15-11(17)12(4-5-12)10(14)16-18/h2-3,6,18H,4-5H2,1H3,(H2,14,16)(H,15,17). The predicted molar refractivity (Wildman–Crippen MR) is 66.7 cm³/mol. The Morgan fingerprint density at radius 1 is 1.58 bits per heavy atom. The van der Waals surface area contributed by atoms with Gasteiger partial charge in [-0.15, -0.1) is 0 Å². The van der Waals surface area contributed by atoms with Crippen molar-refractivity contribution in [2.75, 3.05) is 12.4 Å². The Kier molecular flexibility index (Phi) is 3.28. The number of carbonyl (C=O) groups is 1. The Balaban J connectivity index is 2.20. The molecule has 0 unspecified atom stereocenters. The largest absolute Gasteiger partial charge is 0.497 e. The van der Waals surface area contributed by atoms with E-state index in [2.05, 4.69) is 10.5 Å². The maximum atomic E-state index is 13.6. The number of amides is 1. The van der Waals surface area contributed by atoms with Gasteiger partial charge in [-0.05, 0) is 25.0 Å². The minimum absolute atomic E-state index is 0.00126. The number of amidine groups is 1. The van der Waals surface area contributed by atoms with Gasteiger partial charge < -0.3 is 21.0 Å². The molecule has 0 radical (unpaired) electrons. The highest BCUT2D eigenvalue weighted by Gasteiger charge is 2.54. The number of nitrogens with two attached hydrogens (primary N) is 1. The number of hydrogen-bond acceptors (Lipinski definition) is 4. The lowest BCUT2D eigenvalue weighted by Crippen LogP contribution is -2.36. The van der Waals surface area contributed by atoms with Gasteiger partial charge in [-0.3, -0.25) is 4.79 Å². The molecular weight excluding hydrogens is 253 g/mol. The summed E-state index contributed by atoms with van der Waals surface area (Å²) < 4.78 is 18.5. The number of oxime groups is 1. The van der Waals surface area contributed by atoms with Crippen LogP contribution >= 0.6 is 0 Å². The highest BCUT2D eigenvalue weighted by Crippen LogP contribution is 2.46. The highest BCUT2D eigenvalue weighted by molar-refractivity contribution is 6.14. The zero-order chi connectivity index (χ0) is 14.0. The minimum atomic E-state index is -1.02. The summed E-state index contributed by atoms with van der Waals surface area (Å²) in [6, 6.07) is 4.01. The van der Waals surface area contributed by atoms with Crippen molar-refractivity contribution in [2.24, 2.45) is 16.3 Å². The molecule has 1 amide bonds. The van der Waals surface area contributed by atoms with Crippen LogP contribution in [-0.4, -0.2) is 24.1 Å². The van der Waals surface area contributed by atoms with Crippen LogP contribution in [0.5, 0.6) is 5.75 Å². The van der Waals surface area contributed by atoms with Crippen LogP contribution in [0.25, 0.3) is 0 Å². The third kappa shape index (κ3) is 2.31. The molecule has 0 spiro atoms. The lowest BCUT2D eigenvalue weighted by Gasteiger charge is -2.14. The van der Waals surface area contributed by atoms with Gasteiger partial charge in [0.1, 0.15) is 17.0 Å². The van der Waals surface area contributed by atoms with Gasteiger partial charge in [0.2, 0.25) is 5.91 Å². The first-order valence-corrected chi connectivity index (χ1v) is 5.66. The first-order valence-electron chi connectivity index (χ1n) is 5.66. The van der Waals surface area contributed by atoms with Gasteiger partial charge in [0.25, 0.3) is 0 Å². The zero-order valence-electron chi connectivity index (χ0n) is 10.3. The summed E-state index contributed by atoms with van der Waals surface area (Å²) >= 11 is 0. The van der Waals surface area contributed by atoms with Crippen LogP contribution in [0.15, 0.2) is 23.4 Å². The monoisotopic (exact) mass is 267 g/mol. The van der Waals surface area contributed by atoms with Gasteiger partial charge >= 0.3 is 0 Å². The van der Waals surface area contributed by atoms with E-state index in [4.69, 9.17) is 15.7 Å². The van der Waals surface area contributed by atoms with Crippen LogP contribution < -0.4 is 15.8 Å². The summed E-state index contributed by atoms with van der Waals surface area (Å²) in [5, 5.41) is 13.9. The molecule has 1 fully saturated rings. The van der Waals surface area contributed by atoms with E-state index in [1.165, 1.54) is 25.3 Å². The van der Waals surface area contributed by atoms with Gasteiger partial charge in [-0.2, -0.15) is 0 Å². The lowest BCUT2D eigenvalue weighted by atomic mass is 10.1. The number of ether oxygens (including phenoxy) is 1. The fourth-order valence-corrected chi connectivity index (χ4v) is 1.79. The van der Waals surface area contributed by atoms with Gasteiger partial charge in [0.15, 0.2) is 5.84 Å². The van der Waals surface area contributed by atoms with Crippen LogP contribution in [0.3, 0.4) is 0 Å². The van der Waals surface area contributed by atoms with E-state index >= 15 is 0 Å². The first-order chi connectivity index (χ1) is 9.03. The summed E-state index contributed by atoms with van der Waals surface area (Å²) in [7, 11) is 1.44. The second kappa shape index (κ2) is 4.75. The molecule has 1 saturated carbocycles. The van der Waals surface area contributed by atoms with Crippen LogP contribution in [0.4, 0.5) is 10.1 Å². The molecule has 19 heavy (non-hydrogen) atoms. The molecule has 2 rings (SSSR count). The van der Waals surface area contributed by atoms with Crippen molar-refractivity contribution in [1.29, 1.82) is 0 Å². The van der Waals surface area contributed by atoms with Crippen LogP contribution in [0.1, 0.15) is 12.8 Å². The summed E-state index contributed by atoms with van der Waals surface area (Å²) in [6.07, 6.45) is 0.945. The summed E-state index contributed by atoms with van der Waals surface area (Å²) in [5.41, 5.74) is 4.46. The van der Waals surface area contributed by atoms with Crippen LogP contribution in [0.2, 0.25) is 0 Å². The number of rotatable bonds is 4. The van der Waals surface area contributed by atoms with E-state index in [1.54, 1.807) is 0 Å². The normalized spacial score (nSPS) is 16.8. The second-order valence-electron chi connectivity index (χ2n) is 4.37. The first kappa shape index (κ1) is 13.1. The summed E-state index contributed by atoms with van der Waals surface area (Å²) in [6.45, 7) is 0. The van der Waals surface area contributed by atoms with E-state index in [9.17, 15) is 9.18 Å². The van der Waals surface area contributed by atoms with E-state index in [1.807, 2.05) is 0 Å². The van der Waals surface area contributed by atoms with E-state index in [0.717, 1.165) is 0 Å². The highest BCUT2D eigenvalue weighted by atomic mass is 19.1. The van der Waals surface area contributed by atoms with Crippen molar-refractivity contribution in [3.8, 4) is 5.75 Å². The third-order valence-corrected chi connectivity index (χ3v) is 3.20. The number of methoxy groups -OCH3 is 1. The molecule has 4 N–H and O–H groups in total. The number of nitrogens with zero attached hydrogens (tertiary/aromatic N) is 1. The predicted octanol–water partition coefficient (Wildman–Crippen LogP) is 1.30. The molecular formula is C12H14FN3O3. The average Bonchev–Trinajstić information content (AvgIpc) is 3.22. The molecule has 7 heteroatoms. The number of nitrogens with one attached hydrogen (secondary N) is 1. The average molecular weight is 267 g/mol. The molecule has 0 heterocycles. The minimum Gasteiger partial charge on any atom is -0.497 e. The number of anilines is 1. The molecule has 0 aromatic heterocycles. The Labute approximate surface area is 109 Å². The maximum absolute atomic E-state index is 13.6. The van der Waals surface area contributed by atoms with Crippen LogP contribution in [-0.2, 0) is 4.79 Å². The fraction of sp³-hybridized carbons (Fsp3) is 0.333. The van der Waals surface area contributed by atoms with Crippen molar-refractivity contribution in [2.45, 2.75) is 12.8 Å². The molecule has 0 atom stereocenters. The van der Waals surface area contributed by atoms with E-state index in [-0.39, 0.29) is 11.5 Å². The number of carbonyl (C=O) groups excluding carboxylic acids is 1. The molecule has 6 nitrogen and oxygen atoms in total. The molecule has 102 valence electrons. The van der Waals surface area contributed by atoms with Gasteiger partial charge in [0, 0.05) is 6.07 Å². The number of benzene rings is 1.